The van der Waals surface area contributed by atoms with Crippen molar-refractivity contribution in [1.82, 2.24) is 0 Å². The molecule has 2 heteroatoms. The van der Waals surface area contributed by atoms with Crippen LogP contribution in [-0.4, -0.2) is 11.6 Å². The summed E-state index contributed by atoms with van der Waals surface area (Å²) in [6, 6.07) is 9.19. The lowest BCUT2D eigenvalue weighted by molar-refractivity contribution is -0.117. The second-order valence-electron chi connectivity index (χ2n) is 5.18. The molecule has 0 radical (unpaired) electrons. The average Bonchev–Trinajstić information content (AvgIpc) is 2.75. The van der Waals surface area contributed by atoms with Crippen molar-refractivity contribution < 1.29 is 9.59 Å². The van der Waals surface area contributed by atoms with Gasteiger partial charge in [-0.3, -0.25) is 9.59 Å². The van der Waals surface area contributed by atoms with Gasteiger partial charge >= 0.3 is 0 Å². The first kappa shape index (κ1) is 11.4. The van der Waals surface area contributed by atoms with Crippen molar-refractivity contribution in [3.05, 3.63) is 47.5 Å². The van der Waals surface area contributed by atoms with Crippen LogP contribution in [0.15, 0.2) is 42.0 Å². The number of carbonyl (C=O) groups is 2. The van der Waals surface area contributed by atoms with E-state index >= 15 is 0 Å². The van der Waals surface area contributed by atoms with E-state index < -0.39 is 5.92 Å². The fourth-order valence-electron chi connectivity index (χ4n) is 3.19. The molecule has 0 spiro atoms. The molecule has 18 heavy (non-hydrogen) atoms. The zero-order valence-corrected chi connectivity index (χ0v) is 10.3. The monoisotopic (exact) mass is 240 g/mol. The summed E-state index contributed by atoms with van der Waals surface area (Å²) in [4.78, 5) is 24.5. The molecule has 2 aliphatic carbocycles. The van der Waals surface area contributed by atoms with Crippen LogP contribution in [-0.2, 0) is 4.79 Å². The number of rotatable bonds is 2. The third-order valence-corrected chi connectivity index (χ3v) is 4.08. The van der Waals surface area contributed by atoms with Gasteiger partial charge in [0, 0.05) is 5.56 Å². The van der Waals surface area contributed by atoms with Gasteiger partial charge < -0.3 is 0 Å². The highest BCUT2D eigenvalue weighted by atomic mass is 16.2. The van der Waals surface area contributed by atoms with E-state index in [-0.39, 0.29) is 17.5 Å². The van der Waals surface area contributed by atoms with Crippen LogP contribution in [0.25, 0.3) is 0 Å². The fraction of sp³-hybridized carbons (Fsp3) is 0.375. The molecule has 2 atom stereocenters. The van der Waals surface area contributed by atoms with E-state index in [1.54, 1.807) is 18.2 Å². The molecule has 0 aliphatic heterocycles. The van der Waals surface area contributed by atoms with E-state index in [4.69, 9.17) is 0 Å². The zero-order valence-electron chi connectivity index (χ0n) is 10.3. The number of fused-ring (bicyclic) bond motifs is 1. The van der Waals surface area contributed by atoms with Gasteiger partial charge in [-0.25, -0.2) is 0 Å². The molecule has 1 fully saturated rings. The van der Waals surface area contributed by atoms with E-state index in [0.717, 1.165) is 25.7 Å². The number of carbonyl (C=O) groups excluding carboxylic acids is 2. The molecule has 2 nitrogen and oxygen atoms in total. The topological polar surface area (TPSA) is 34.1 Å². The predicted octanol–water partition coefficient (Wildman–Crippen LogP) is 3.18. The van der Waals surface area contributed by atoms with Gasteiger partial charge in [0.05, 0.1) is 5.92 Å². The van der Waals surface area contributed by atoms with E-state index in [1.807, 2.05) is 18.2 Å². The smallest absolute Gasteiger partial charge is 0.174 e. The standard InChI is InChI=1S/C16H16O2/c17-14-10-12-8-4-5-9-13(12)15(14)16(18)11-6-2-1-3-7-11/h1-3,6-7,10,13,15H,4-5,8-9H2/t13-,15-/m0/s1. The van der Waals surface area contributed by atoms with E-state index in [2.05, 4.69) is 0 Å². The number of hydrogen-bond donors (Lipinski definition) is 0. The van der Waals surface area contributed by atoms with Crippen molar-refractivity contribution in [3.8, 4) is 0 Å². The Kier molecular flexibility index (Phi) is 2.86. The van der Waals surface area contributed by atoms with E-state index in [9.17, 15) is 9.59 Å². The average molecular weight is 240 g/mol. The Morgan fingerprint density at radius 1 is 1.11 bits per heavy atom. The van der Waals surface area contributed by atoms with Gasteiger partial charge in [0.25, 0.3) is 0 Å². The van der Waals surface area contributed by atoms with Crippen LogP contribution in [0.1, 0.15) is 36.0 Å². The summed E-state index contributed by atoms with van der Waals surface area (Å²) in [5.41, 5.74) is 1.87. The summed E-state index contributed by atoms with van der Waals surface area (Å²) in [6.45, 7) is 0. The van der Waals surface area contributed by atoms with Crippen LogP contribution in [0.2, 0.25) is 0 Å². The molecular formula is C16H16O2. The molecule has 3 rings (SSSR count). The van der Waals surface area contributed by atoms with Crippen molar-refractivity contribution >= 4 is 11.6 Å². The molecule has 0 N–H and O–H groups in total. The molecule has 0 saturated heterocycles. The fourth-order valence-corrected chi connectivity index (χ4v) is 3.19. The van der Waals surface area contributed by atoms with Gasteiger partial charge in [-0.05, 0) is 31.3 Å². The zero-order chi connectivity index (χ0) is 12.5. The maximum absolute atomic E-state index is 12.5. The lowest BCUT2D eigenvalue weighted by atomic mass is 9.77. The Hall–Kier alpha value is -1.70. The number of benzene rings is 1. The number of allylic oxidation sites excluding steroid dienone is 2. The number of hydrogen-bond acceptors (Lipinski definition) is 2. The maximum Gasteiger partial charge on any atom is 0.174 e. The molecule has 0 unspecified atom stereocenters. The van der Waals surface area contributed by atoms with Crippen molar-refractivity contribution in [2.45, 2.75) is 25.7 Å². The predicted molar refractivity (Wildman–Crippen MR) is 69.3 cm³/mol. The van der Waals surface area contributed by atoms with Crippen LogP contribution in [0, 0.1) is 11.8 Å². The van der Waals surface area contributed by atoms with Crippen LogP contribution >= 0.6 is 0 Å². The van der Waals surface area contributed by atoms with E-state index in [0.29, 0.717) is 5.56 Å². The van der Waals surface area contributed by atoms with Gasteiger partial charge in [0.2, 0.25) is 0 Å². The van der Waals surface area contributed by atoms with Crippen molar-refractivity contribution in [2.24, 2.45) is 11.8 Å². The second kappa shape index (κ2) is 4.52. The van der Waals surface area contributed by atoms with Gasteiger partial charge in [-0.2, -0.15) is 0 Å². The second-order valence-corrected chi connectivity index (χ2v) is 5.18. The Morgan fingerprint density at radius 3 is 2.67 bits per heavy atom. The normalized spacial score (nSPS) is 26.7. The summed E-state index contributed by atoms with van der Waals surface area (Å²) in [6.07, 6.45) is 6.00. The molecule has 1 aromatic carbocycles. The molecule has 2 aliphatic rings. The molecular weight excluding hydrogens is 224 g/mol. The Balaban J connectivity index is 1.89. The van der Waals surface area contributed by atoms with Crippen LogP contribution in [0.3, 0.4) is 0 Å². The Morgan fingerprint density at radius 2 is 1.89 bits per heavy atom. The van der Waals surface area contributed by atoms with Gasteiger partial charge in [-0.1, -0.05) is 42.3 Å². The molecule has 0 bridgehead atoms. The lowest BCUT2D eigenvalue weighted by Crippen LogP contribution is -2.28. The van der Waals surface area contributed by atoms with Gasteiger partial charge in [0.1, 0.15) is 0 Å². The van der Waals surface area contributed by atoms with E-state index in [1.165, 1.54) is 5.57 Å². The largest absolute Gasteiger partial charge is 0.294 e. The molecule has 0 aromatic heterocycles. The minimum absolute atomic E-state index is 0.00116. The maximum atomic E-state index is 12.5. The van der Waals surface area contributed by atoms with Crippen LogP contribution in [0.5, 0.6) is 0 Å². The molecule has 1 aromatic rings. The highest BCUT2D eigenvalue weighted by Gasteiger charge is 2.41. The molecule has 0 amide bonds. The summed E-state index contributed by atoms with van der Waals surface area (Å²) in [5.74, 6) is -0.244. The first-order chi connectivity index (χ1) is 8.77. The minimum Gasteiger partial charge on any atom is -0.294 e. The van der Waals surface area contributed by atoms with Crippen LogP contribution in [0.4, 0.5) is 0 Å². The van der Waals surface area contributed by atoms with Crippen molar-refractivity contribution in [2.75, 3.05) is 0 Å². The molecule has 92 valence electrons. The van der Waals surface area contributed by atoms with Crippen molar-refractivity contribution in [3.63, 3.8) is 0 Å². The van der Waals surface area contributed by atoms with Crippen molar-refractivity contribution in [1.29, 1.82) is 0 Å². The summed E-state index contributed by atoms with van der Waals surface area (Å²) < 4.78 is 0. The first-order valence-corrected chi connectivity index (χ1v) is 6.61. The SMILES string of the molecule is O=C1C=C2CCCC[C@@H]2[C@@H]1C(=O)c1ccccc1. The third-order valence-electron chi connectivity index (χ3n) is 4.08. The van der Waals surface area contributed by atoms with Gasteiger partial charge in [-0.15, -0.1) is 0 Å². The quantitative estimate of drug-likeness (QED) is 0.587. The number of ketones is 2. The first-order valence-electron chi connectivity index (χ1n) is 6.61. The highest BCUT2D eigenvalue weighted by Crippen LogP contribution is 2.41. The highest BCUT2D eigenvalue weighted by molar-refractivity contribution is 6.16. The minimum atomic E-state index is -0.442. The van der Waals surface area contributed by atoms with Crippen LogP contribution < -0.4 is 0 Å². The third kappa shape index (κ3) is 1.82. The summed E-state index contributed by atoms with van der Waals surface area (Å²) in [5, 5.41) is 0. The lowest BCUT2D eigenvalue weighted by Gasteiger charge is -2.25. The molecule has 1 saturated carbocycles. The Bertz CT molecular complexity index is 513. The Labute approximate surface area is 107 Å². The summed E-state index contributed by atoms with van der Waals surface area (Å²) >= 11 is 0. The number of Topliss-reactive ketones (excluding diaryl/α,β-unsaturated/α-hetero) is 1. The molecule has 0 heterocycles. The van der Waals surface area contributed by atoms with Gasteiger partial charge in [0.15, 0.2) is 11.6 Å². The summed E-state index contributed by atoms with van der Waals surface area (Å²) in [7, 11) is 0.